The molecule has 0 aliphatic heterocycles. The highest BCUT2D eigenvalue weighted by molar-refractivity contribution is 6.30. The lowest BCUT2D eigenvalue weighted by Crippen LogP contribution is -2.36. The molecule has 1 atom stereocenters. The van der Waals surface area contributed by atoms with Gasteiger partial charge >= 0.3 is 0 Å². The molecular formula is C17H20ClNO. The number of hydrogen-bond donors (Lipinski definition) is 2. The Hall–Kier alpha value is -1.51. The van der Waals surface area contributed by atoms with Gasteiger partial charge in [-0.05, 0) is 50.1 Å². The van der Waals surface area contributed by atoms with E-state index in [9.17, 15) is 5.11 Å². The van der Waals surface area contributed by atoms with Crippen molar-refractivity contribution >= 4 is 17.3 Å². The molecule has 0 spiro atoms. The molecule has 0 heterocycles. The first-order valence-corrected chi connectivity index (χ1v) is 7.05. The second-order valence-electron chi connectivity index (χ2n) is 5.44. The van der Waals surface area contributed by atoms with Crippen LogP contribution in [0.2, 0.25) is 5.02 Å². The number of aliphatic hydroxyl groups excluding tert-OH is 1. The number of benzene rings is 2. The first-order valence-electron chi connectivity index (χ1n) is 6.67. The zero-order valence-electron chi connectivity index (χ0n) is 12.1. The molecule has 0 amide bonds. The summed E-state index contributed by atoms with van der Waals surface area (Å²) < 4.78 is 0. The normalized spacial score (nSPS) is 13.8. The monoisotopic (exact) mass is 289 g/mol. The van der Waals surface area contributed by atoms with Gasteiger partial charge in [0.25, 0.3) is 0 Å². The second kappa shape index (κ2) is 5.86. The summed E-state index contributed by atoms with van der Waals surface area (Å²) in [7, 11) is 0. The lowest BCUT2D eigenvalue weighted by atomic mass is 9.87. The summed E-state index contributed by atoms with van der Waals surface area (Å²) in [6, 6.07) is 13.8. The van der Waals surface area contributed by atoms with Gasteiger partial charge in [-0.3, -0.25) is 0 Å². The van der Waals surface area contributed by atoms with Crippen LogP contribution in [-0.2, 0) is 5.54 Å². The van der Waals surface area contributed by atoms with Crippen molar-refractivity contribution in [1.82, 2.24) is 0 Å². The standard InChI is InChI=1S/C17H20ClNO/c1-12-7-8-13(2)16(9-12)17(3,11-20)19-15-6-4-5-14(18)10-15/h4-10,19-20H,11H2,1-3H3. The van der Waals surface area contributed by atoms with Gasteiger partial charge in [0, 0.05) is 10.7 Å². The highest BCUT2D eigenvalue weighted by Crippen LogP contribution is 2.30. The van der Waals surface area contributed by atoms with Crippen molar-refractivity contribution in [2.45, 2.75) is 26.3 Å². The molecule has 20 heavy (non-hydrogen) atoms. The van der Waals surface area contributed by atoms with E-state index in [-0.39, 0.29) is 6.61 Å². The lowest BCUT2D eigenvalue weighted by molar-refractivity contribution is 0.223. The molecule has 2 rings (SSSR count). The highest BCUT2D eigenvalue weighted by atomic mass is 35.5. The van der Waals surface area contributed by atoms with Gasteiger partial charge in [0.2, 0.25) is 0 Å². The van der Waals surface area contributed by atoms with Gasteiger partial charge in [0.05, 0.1) is 12.1 Å². The van der Waals surface area contributed by atoms with Crippen molar-refractivity contribution in [2.75, 3.05) is 11.9 Å². The molecule has 106 valence electrons. The van der Waals surface area contributed by atoms with Crippen molar-refractivity contribution < 1.29 is 5.11 Å². The molecule has 2 nitrogen and oxygen atoms in total. The Morgan fingerprint density at radius 1 is 1.15 bits per heavy atom. The number of aliphatic hydroxyl groups is 1. The summed E-state index contributed by atoms with van der Waals surface area (Å²) in [5.74, 6) is 0. The number of anilines is 1. The molecular weight excluding hydrogens is 270 g/mol. The smallest absolute Gasteiger partial charge is 0.0830 e. The van der Waals surface area contributed by atoms with Gasteiger partial charge in [-0.25, -0.2) is 0 Å². The topological polar surface area (TPSA) is 32.3 Å². The van der Waals surface area contributed by atoms with Crippen LogP contribution in [0.4, 0.5) is 5.69 Å². The van der Waals surface area contributed by atoms with E-state index in [1.54, 1.807) is 0 Å². The van der Waals surface area contributed by atoms with Crippen LogP contribution in [-0.4, -0.2) is 11.7 Å². The fourth-order valence-electron chi connectivity index (χ4n) is 2.41. The van der Waals surface area contributed by atoms with Crippen molar-refractivity contribution in [3.63, 3.8) is 0 Å². The molecule has 2 aromatic carbocycles. The third-order valence-electron chi connectivity index (χ3n) is 3.55. The summed E-state index contributed by atoms with van der Waals surface area (Å²) in [5.41, 5.74) is 3.79. The average molecular weight is 290 g/mol. The van der Waals surface area contributed by atoms with Crippen molar-refractivity contribution in [2.24, 2.45) is 0 Å². The van der Waals surface area contributed by atoms with Crippen LogP contribution in [0.15, 0.2) is 42.5 Å². The van der Waals surface area contributed by atoms with Crippen LogP contribution in [0.3, 0.4) is 0 Å². The first kappa shape index (κ1) is 14.9. The maximum Gasteiger partial charge on any atom is 0.0830 e. The molecule has 2 N–H and O–H groups in total. The van der Waals surface area contributed by atoms with E-state index >= 15 is 0 Å². The van der Waals surface area contributed by atoms with Gasteiger partial charge in [0.1, 0.15) is 0 Å². The predicted molar refractivity (Wildman–Crippen MR) is 85.4 cm³/mol. The van der Waals surface area contributed by atoms with E-state index in [2.05, 4.69) is 37.4 Å². The molecule has 0 aliphatic rings. The quantitative estimate of drug-likeness (QED) is 0.881. The van der Waals surface area contributed by atoms with Crippen LogP contribution >= 0.6 is 11.6 Å². The molecule has 0 radical (unpaired) electrons. The fraction of sp³-hybridized carbons (Fsp3) is 0.294. The Balaban J connectivity index is 2.40. The molecule has 0 fully saturated rings. The molecule has 0 saturated heterocycles. The minimum Gasteiger partial charge on any atom is -0.394 e. The van der Waals surface area contributed by atoms with Gasteiger partial charge in [0.15, 0.2) is 0 Å². The minimum atomic E-state index is -0.541. The first-order chi connectivity index (χ1) is 9.44. The van der Waals surface area contributed by atoms with Gasteiger partial charge < -0.3 is 10.4 Å². The molecule has 0 aliphatic carbocycles. The van der Waals surface area contributed by atoms with Crippen LogP contribution in [0.25, 0.3) is 0 Å². The fourth-order valence-corrected chi connectivity index (χ4v) is 2.60. The van der Waals surface area contributed by atoms with Crippen LogP contribution in [0.1, 0.15) is 23.6 Å². The Morgan fingerprint density at radius 2 is 1.90 bits per heavy atom. The molecule has 0 bridgehead atoms. The Labute approximate surface area is 125 Å². The van der Waals surface area contributed by atoms with Crippen LogP contribution < -0.4 is 5.32 Å². The largest absolute Gasteiger partial charge is 0.394 e. The summed E-state index contributed by atoms with van der Waals surface area (Å²) in [6.07, 6.45) is 0. The summed E-state index contributed by atoms with van der Waals surface area (Å²) in [6.45, 7) is 6.11. The van der Waals surface area contributed by atoms with Crippen molar-refractivity contribution in [1.29, 1.82) is 0 Å². The maximum absolute atomic E-state index is 9.89. The average Bonchev–Trinajstić information content (AvgIpc) is 2.41. The highest BCUT2D eigenvalue weighted by Gasteiger charge is 2.27. The lowest BCUT2D eigenvalue weighted by Gasteiger charge is -2.32. The summed E-state index contributed by atoms with van der Waals surface area (Å²) >= 11 is 6.02. The Morgan fingerprint density at radius 3 is 2.55 bits per heavy atom. The van der Waals surface area contributed by atoms with Crippen LogP contribution in [0.5, 0.6) is 0 Å². The second-order valence-corrected chi connectivity index (χ2v) is 5.88. The SMILES string of the molecule is Cc1ccc(C)c(C(C)(CO)Nc2cccc(Cl)c2)c1. The number of halogens is 1. The molecule has 0 aromatic heterocycles. The number of rotatable bonds is 4. The van der Waals surface area contributed by atoms with Crippen molar-refractivity contribution in [3.05, 3.63) is 64.2 Å². The third kappa shape index (κ3) is 3.14. The molecule has 1 unspecified atom stereocenters. The maximum atomic E-state index is 9.89. The Kier molecular flexibility index (Phi) is 4.36. The van der Waals surface area contributed by atoms with E-state index in [1.165, 1.54) is 5.56 Å². The third-order valence-corrected chi connectivity index (χ3v) is 3.78. The van der Waals surface area contributed by atoms with Crippen molar-refractivity contribution in [3.8, 4) is 0 Å². The van der Waals surface area contributed by atoms with Gasteiger partial charge in [-0.15, -0.1) is 0 Å². The van der Waals surface area contributed by atoms with Gasteiger partial charge in [-0.2, -0.15) is 0 Å². The van der Waals surface area contributed by atoms with E-state index in [0.717, 1.165) is 16.8 Å². The number of hydrogen-bond acceptors (Lipinski definition) is 2. The predicted octanol–water partition coefficient (Wildman–Crippen LogP) is 4.28. The molecule has 3 heteroatoms. The Bertz CT molecular complexity index is 612. The number of nitrogens with one attached hydrogen (secondary N) is 1. The summed E-state index contributed by atoms with van der Waals surface area (Å²) in [5, 5.41) is 14.0. The minimum absolute atomic E-state index is 0.00378. The molecule has 2 aromatic rings. The zero-order valence-corrected chi connectivity index (χ0v) is 12.8. The van der Waals surface area contributed by atoms with Gasteiger partial charge in [-0.1, -0.05) is 41.4 Å². The van der Waals surface area contributed by atoms with E-state index in [4.69, 9.17) is 11.6 Å². The summed E-state index contributed by atoms with van der Waals surface area (Å²) in [4.78, 5) is 0. The van der Waals surface area contributed by atoms with E-state index in [0.29, 0.717) is 5.02 Å². The zero-order chi connectivity index (χ0) is 14.8. The molecule has 0 saturated carbocycles. The number of aryl methyl sites for hydroxylation is 2. The van der Waals surface area contributed by atoms with E-state index < -0.39 is 5.54 Å². The van der Waals surface area contributed by atoms with Crippen LogP contribution in [0, 0.1) is 13.8 Å². The van der Waals surface area contributed by atoms with E-state index in [1.807, 2.05) is 31.2 Å².